The summed E-state index contributed by atoms with van der Waals surface area (Å²) >= 11 is 3.07. The van der Waals surface area contributed by atoms with Gasteiger partial charge in [0.1, 0.15) is 5.75 Å². The number of halogens is 1. The lowest BCUT2D eigenvalue weighted by atomic mass is 10.2. The van der Waals surface area contributed by atoms with Crippen LogP contribution in [0.2, 0.25) is 0 Å². The van der Waals surface area contributed by atoms with Crippen LogP contribution in [0, 0.1) is 0 Å². The van der Waals surface area contributed by atoms with E-state index in [-0.39, 0.29) is 18.0 Å². The van der Waals surface area contributed by atoms with Gasteiger partial charge in [-0.1, -0.05) is 15.9 Å². The summed E-state index contributed by atoms with van der Waals surface area (Å²) < 4.78 is 15.6. The standard InChI is InChI=1S/C10H10BrNO4/c1-14-7-3-9-8(15-5-16-9)2-6(7)12-10(13)4-11/h2-3H,4-5H2,1H3,(H,12,13). The van der Waals surface area contributed by atoms with Crippen LogP contribution in [-0.4, -0.2) is 25.1 Å². The van der Waals surface area contributed by atoms with E-state index in [2.05, 4.69) is 21.2 Å². The molecule has 0 unspecified atom stereocenters. The molecule has 86 valence electrons. The minimum absolute atomic E-state index is 0.155. The van der Waals surface area contributed by atoms with Gasteiger partial charge in [0, 0.05) is 12.1 Å². The molecule has 1 aromatic rings. The number of anilines is 1. The number of carbonyl (C=O) groups is 1. The number of amides is 1. The summed E-state index contributed by atoms with van der Waals surface area (Å²) in [4.78, 5) is 11.3. The second kappa shape index (κ2) is 4.61. The maximum atomic E-state index is 11.3. The van der Waals surface area contributed by atoms with Crippen LogP contribution >= 0.6 is 15.9 Å². The molecule has 16 heavy (non-hydrogen) atoms. The Morgan fingerprint density at radius 1 is 1.50 bits per heavy atom. The Morgan fingerprint density at radius 2 is 2.19 bits per heavy atom. The highest BCUT2D eigenvalue weighted by Gasteiger charge is 2.18. The average molecular weight is 288 g/mol. The van der Waals surface area contributed by atoms with Gasteiger partial charge in [-0.25, -0.2) is 0 Å². The Balaban J connectivity index is 2.32. The molecule has 0 radical (unpaired) electrons. The van der Waals surface area contributed by atoms with Crippen molar-refractivity contribution in [3.63, 3.8) is 0 Å². The predicted octanol–water partition coefficient (Wildman–Crippen LogP) is 1.76. The molecule has 1 aliphatic heterocycles. The van der Waals surface area contributed by atoms with Crippen LogP contribution in [0.1, 0.15) is 0 Å². The molecule has 1 aromatic carbocycles. The van der Waals surface area contributed by atoms with Crippen molar-refractivity contribution in [2.45, 2.75) is 0 Å². The van der Waals surface area contributed by atoms with Crippen molar-refractivity contribution in [3.8, 4) is 17.2 Å². The molecule has 0 atom stereocenters. The van der Waals surface area contributed by atoms with Crippen LogP contribution in [0.15, 0.2) is 12.1 Å². The topological polar surface area (TPSA) is 56.8 Å². The normalized spacial score (nSPS) is 12.4. The monoisotopic (exact) mass is 287 g/mol. The van der Waals surface area contributed by atoms with Crippen molar-refractivity contribution in [1.29, 1.82) is 0 Å². The summed E-state index contributed by atoms with van der Waals surface area (Å²) in [6.07, 6.45) is 0. The third kappa shape index (κ3) is 2.06. The highest BCUT2D eigenvalue weighted by Crippen LogP contribution is 2.40. The zero-order chi connectivity index (χ0) is 11.5. The zero-order valence-electron chi connectivity index (χ0n) is 8.58. The second-order valence-electron chi connectivity index (χ2n) is 3.09. The van der Waals surface area contributed by atoms with Crippen molar-refractivity contribution >= 4 is 27.5 Å². The van der Waals surface area contributed by atoms with Crippen molar-refractivity contribution in [3.05, 3.63) is 12.1 Å². The third-order valence-corrected chi connectivity index (χ3v) is 2.60. The summed E-state index contributed by atoms with van der Waals surface area (Å²) in [6, 6.07) is 3.37. The van der Waals surface area contributed by atoms with Crippen molar-refractivity contribution in [2.75, 3.05) is 24.5 Å². The molecule has 5 nitrogen and oxygen atoms in total. The summed E-state index contributed by atoms with van der Waals surface area (Å²) in [5.41, 5.74) is 0.566. The van der Waals surface area contributed by atoms with E-state index < -0.39 is 0 Å². The SMILES string of the molecule is COc1cc2c(cc1NC(=O)CBr)OCO2. The fourth-order valence-electron chi connectivity index (χ4n) is 1.37. The summed E-state index contributed by atoms with van der Waals surface area (Å²) in [7, 11) is 1.53. The van der Waals surface area contributed by atoms with Crippen LogP contribution in [0.3, 0.4) is 0 Å². The van der Waals surface area contributed by atoms with E-state index in [0.29, 0.717) is 22.9 Å². The molecule has 0 aliphatic carbocycles. The average Bonchev–Trinajstić information content (AvgIpc) is 2.74. The number of rotatable bonds is 3. The van der Waals surface area contributed by atoms with Gasteiger partial charge in [-0.2, -0.15) is 0 Å². The van der Waals surface area contributed by atoms with Gasteiger partial charge in [-0.15, -0.1) is 0 Å². The van der Waals surface area contributed by atoms with Gasteiger partial charge in [0.15, 0.2) is 11.5 Å². The zero-order valence-corrected chi connectivity index (χ0v) is 10.2. The van der Waals surface area contributed by atoms with Crippen LogP contribution in [0.4, 0.5) is 5.69 Å². The first-order chi connectivity index (χ1) is 7.74. The van der Waals surface area contributed by atoms with Crippen molar-refractivity contribution in [2.24, 2.45) is 0 Å². The van der Waals surface area contributed by atoms with Gasteiger partial charge >= 0.3 is 0 Å². The number of hydrogen-bond donors (Lipinski definition) is 1. The molecule has 0 spiro atoms. The Morgan fingerprint density at radius 3 is 2.81 bits per heavy atom. The predicted molar refractivity (Wildman–Crippen MR) is 61.5 cm³/mol. The lowest BCUT2D eigenvalue weighted by Gasteiger charge is -2.10. The highest BCUT2D eigenvalue weighted by molar-refractivity contribution is 9.09. The molecule has 0 saturated heterocycles. The largest absolute Gasteiger partial charge is 0.494 e. The van der Waals surface area contributed by atoms with Gasteiger partial charge in [0.25, 0.3) is 0 Å². The number of carbonyl (C=O) groups excluding carboxylic acids is 1. The van der Waals surface area contributed by atoms with Crippen LogP contribution in [0.25, 0.3) is 0 Å². The number of methoxy groups -OCH3 is 1. The van der Waals surface area contributed by atoms with Gasteiger partial charge < -0.3 is 19.5 Å². The number of benzene rings is 1. The van der Waals surface area contributed by atoms with E-state index in [1.54, 1.807) is 12.1 Å². The lowest BCUT2D eigenvalue weighted by Crippen LogP contribution is -2.13. The minimum Gasteiger partial charge on any atom is -0.494 e. The van der Waals surface area contributed by atoms with E-state index in [9.17, 15) is 4.79 Å². The summed E-state index contributed by atoms with van der Waals surface area (Å²) in [5, 5.41) is 2.92. The van der Waals surface area contributed by atoms with Gasteiger partial charge in [-0.3, -0.25) is 4.79 Å². The maximum absolute atomic E-state index is 11.3. The smallest absolute Gasteiger partial charge is 0.235 e. The molecule has 0 bridgehead atoms. The number of ether oxygens (including phenoxy) is 3. The van der Waals surface area contributed by atoms with Crippen molar-refractivity contribution < 1.29 is 19.0 Å². The maximum Gasteiger partial charge on any atom is 0.235 e. The van der Waals surface area contributed by atoms with E-state index >= 15 is 0 Å². The highest BCUT2D eigenvalue weighted by atomic mass is 79.9. The molecule has 0 fully saturated rings. The third-order valence-electron chi connectivity index (χ3n) is 2.09. The number of nitrogens with one attached hydrogen (secondary N) is 1. The fourth-order valence-corrected chi connectivity index (χ4v) is 1.51. The van der Waals surface area contributed by atoms with Gasteiger partial charge in [0.05, 0.1) is 18.1 Å². The first kappa shape index (κ1) is 11.1. The Bertz CT molecular complexity index is 422. The lowest BCUT2D eigenvalue weighted by molar-refractivity contribution is -0.113. The number of alkyl halides is 1. The van der Waals surface area contributed by atoms with E-state index in [0.717, 1.165) is 0 Å². The summed E-state index contributed by atoms with van der Waals surface area (Å²) in [6.45, 7) is 0.189. The van der Waals surface area contributed by atoms with E-state index in [1.165, 1.54) is 7.11 Å². The van der Waals surface area contributed by atoms with Gasteiger partial charge in [0.2, 0.25) is 12.7 Å². The Hall–Kier alpha value is -1.43. The number of fused-ring (bicyclic) bond motifs is 1. The molecule has 1 heterocycles. The Labute approximate surface area is 101 Å². The molecular formula is C10H10BrNO4. The van der Waals surface area contributed by atoms with E-state index in [1.807, 2.05) is 0 Å². The molecular weight excluding hydrogens is 278 g/mol. The Kier molecular flexibility index (Phi) is 3.19. The summed E-state index contributed by atoms with van der Waals surface area (Å²) in [5.74, 6) is 1.61. The molecule has 1 amide bonds. The van der Waals surface area contributed by atoms with Gasteiger partial charge in [-0.05, 0) is 0 Å². The van der Waals surface area contributed by atoms with Crippen LogP contribution in [-0.2, 0) is 4.79 Å². The van der Waals surface area contributed by atoms with Crippen LogP contribution in [0.5, 0.6) is 17.2 Å². The van der Waals surface area contributed by atoms with Crippen LogP contribution < -0.4 is 19.5 Å². The molecule has 1 aliphatic rings. The molecule has 1 N–H and O–H groups in total. The second-order valence-corrected chi connectivity index (χ2v) is 3.65. The first-order valence-corrected chi connectivity index (χ1v) is 5.70. The quantitative estimate of drug-likeness (QED) is 0.861. The minimum atomic E-state index is -0.155. The molecule has 0 aromatic heterocycles. The van der Waals surface area contributed by atoms with Crippen molar-refractivity contribution in [1.82, 2.24) is 0 Å². The molecule has 2 rings (SSSR count). The molecule has 6 heteroatoms. The van der Waals surface area contributed by atoms with E-state index in [4.69, 9.17) is 14.2 Å². The number of hydrogen-bond acceptors (Lipinski definition) is 4. The first-order valence-electron chi connectivity index (χ1n) is 4.58. The molecule has 0 saturated carbocycles. The fraction of sp³-hybridized carbons (Fsp3) is 0.300.